The Kier molecular flexibility index (Phi) is 16.9. The zero-order valence-corrected chi connectivity index (χ0v) is 22.0. The minimum Gasteiger partial charge on any atom is -0.508 e. The summed E-state index contributed by atoms with van der Waals surface area (Å²) >= 11 is 0. The molecular formula is C28H46O4. The number of carbonyl (C=O) groups is 1. The van der Waals surface area contributed by atoms with Crippen LogP contribution in [0.15, 0.2) is 36.4 Å². The van der Waals surface area contributed by atoms with E-state index in [1.165, 1.54) is 6.42 Å². The number of hydrogen-bond acceptors (Lipinski definition) is 4. The van der Waals surface area contributed by atoms with Gasteiger partial charge in [-0.1, -0.05) is 80.9 Å². The van der Waals surface area contributed by atoms with Gasteiger partial charge < -0.3 is 14.9 Å². The first kappa shape index (κ1) is 31.7. The smallest absolute Gasteiger partial charge is 0.305 e. The minimum absolute atomic E-state index is 0.107. The fourth-order valence-corrected chi connectivity index (χ4v) is 2.63. The topological polar surface area (TPSA) is 66.8 Å². The molecule has 32 heavy (non-hydrogen) atoms. The lowest BCUT2D eigenvalue weighted by Crippen LogP contribution is -2.11. The molecule has 0 atom stereocenters. The summed E-state index contributed by atoms with van der Waals surface area (Å²) in [4.78, 5) is 10.2. The molecule has 2 N–H and O–H groups in total. The summed E-state index contributed by atoms with van der Waals surface area (Å²) in [6.45, 7) is 20.6. The molecule has 0 unspecified atom stereocenters. The molecule has 0 heterocycles. The highest BCUT2D eigenvalue weighted by Gasteiger charge is 2.18. The quantitative estimate of drug-likeness (QED) is 0.466. The maximum absolute atomic E-state index is 10.2. The molecule has 0 bridgehead atoms. The van der Waals surface area contributed by atoms with Crippen LogP contribution in [0.3, 0.4) is 0 Å². The van der Waals surface area contributed by atoms with E-state index in [2.05, 4.69) is 39.4 Å². The van der Waals surface area contributed by atoms with Gasteiger partial charge in [0, 0.05) is 6.42 Å². The van der Waals surface area contributed by atoms with Crippen LogP contribution in [0.5, 0.6) is 11.5 Å². The number of aromatic hydroxyl groups is 2. The van der Waals surface area contributed by atoms with E-state index in [1.807, 2.05) is 45.0 Å². The van der Waals surface area contributed by atoms with Gasteiger partial charge in [0.15, 0.2) is 0 Å². The number of carbonyl (C=O) groups excluding carboxylic acids is 1. The van der Waals surface area contributed by atoms with Crippen LogP contribution in [0.25, 0.3) is 11.1 Å². The van der Waals surface area contributed by atoms with Crippen LogP contribution >= 0.6 is 0 Å². The summed E-state index contributed by atoms with van der Waals surface area (Å²) in [6.07, 6.45) is 2.53. The van der Waals surface area contributed by atoms with Crippen LogP contribution in [0.1, 0.15) is 93.2 Å². The zero-order chi connectivity index (χ0) is 25.3. The minimum atomic E-state index is -0.123. The molecule has 2 rings (SSSR count). The molecule has 4 heteroatoms. The third-order valence-corrected chi connectivity index (χ3v) is 4.19. The second kappa shape index (κ2) is 17.1. The Labute approximate surface area is 196 Å². The van der Waals surface area contributed by atoms with Gasteiger partial charge in [0.05, 0.1) is 6.61 Å². The SMILES string of the molecule is CC.CCC.CCOC(=O)CC.CCc1cc(-c2ccc(O)c(C(C)(C)C)c2)ccc1O. The van der Waals surface area contributed by atoms with Crippen molar-refractivity contribution in [3.05, 3.63) is 47.5 Å². The molecule has 0 spiro atoms. The fourth-order valence-electron chi connectivity index (χ4n) is 2.63. The van der Waals surface area contributed by atoms with E-state index in [0.717, 1.165) is 28.7 Å². The number of aryl methyl sites for hydroxylation is 1. The average Bonchev–Trinajstić information content (AvgIpc) is 2.76. The van der Waals surface area contributed by atoms with E-state index >= 15 is 0 Å². The summed E-state index contributed by atoms with van der Waals surface area (Å²) in [5, 5.41) is 19.8. The summed E-state index contributed by atoms with van der Waals surface area (Å²) in [5.74, 6) is 0.546. The van der Waals surface area contributed by atoms with Crippen molar-refractivity contribution >= 4 is 5.97 Å². The Morgan fingerprint density at radius 1 is 0.844 bits per heavy atom. The van der Waals surface area contributed by atoms with Gasteiger partial charge in [0.1, 0.15) is 11.5 Å². The van der Waals surface area contributed by atoms with Crippen LogP contribution in [-0.2, 0) is 21.4 Å². The molecule has 182 valence electrons. The molecule has 2 aromatic rings. The van der Waals surface area contributed by atoms with Crippen molar-refractivity contribution in [1.29, 1.82) is 0 Å². The molecule has 0 amide bonds. The summed E-state index contributed by atoms with van der Waals surface area (Å²) in [7, 11) is 0. The van der Waals surface area contributed by atoms with Crippen molar-refractivity contribution in [2.24, 2.45) is 0 Å². The molecule has 0 aliphatic heterocycles. The van der Waals surface area contributed by atoms with Crippen LogP contribution in [0, 0.1) is 0 Å². The zero-order valence-electron chi connectivity index (χ0n) is 22.0. The van der Waals surface area contributed by atoms with Gasteiger partial charge in [-0.3, -0.25) is 4.79 Å². The molecule has 4 nitrogen and oxygen atoms in total. The van der Waals surface area contributed by atoms with Crippen molar-refractivity contribution in [3.8, 4) is 22.6 Å². The highest BCUT2D eigenvalue weighted by molar-refractivity contribution is 5.69. The first-order valence-corrected chi connectivity index (χ1v) is 11.9. The first-order valence-electron chi connectivity index (χ1n) is 11.9. The maximum Gasteiger partial charge on any atom is 0.305 e. The summed E-state index contributed by atoms with van der Waals surface area (Å²) < 4.78 is 4.55. The monoisotopic (exact) mass is 446 g/mol. The summed E-state index contributed by atoms with van der Waals surface area (Å²) in [6, 6.07) is 11.3. The van der Waals surface area contributed by atoms with Crippen LogP contribution < -0.4 is 0 Å². The van der Waals surface area contributed by atoms with E-state index in [4.69, 9.17) is 0 Å². The highest BCUT2D eigenvalue weighted by atomic mass is 16.5. The molecule has 0 saturated carbocycles. The summed E-state index contributed by atoms with van der Waals surface area (Å²) in [5.41, 5.74) is 3.88. The van der Waals surface area contributed by atoms with Crippen molar-refractivity contribution in [2.75, 3.05) is 6.61 Å². The van der Waals surface area contributed by atoms with Gasteiger partial charge in [-0.25, -0.2) is 0 Å². The predicted octanol–water partition coefficient (Wildman–Crippen LogP) is 8.03. The lowest BCUT2D eigenvalue weighted by atomic mass is 9.84. The lowest BCUT2D eigenvalue weighted by molar-refractivity contribution is -0.142. The molecule has 0 aliphatic carbocycles. The van der Waals surface area contributed by atoms with Crippen LogP contribution in [-0.4, -0.2) is 22.8 Å². The van der Waals surface area contributed by atoms with Gasteiger partial charge >= 0.3 is 5.97 Å². The molecule has 0 fully saturated rings. The van der Waals surface area contributed by atoms with Crippen molar-refractivity contribution in [3.63, 3.8) is 0 Å². The number of rotatable bonds is 4. The molecule has 2 aromatic carbocycles. The van der Waals surface area contributed by atoms with Crippen molar-refractivity contribution < 1.29 is 19.7 Å². The van der Waals surface area contributed by atoms with E-state index in [-0.39, 0.29) is 11.4 Å². The Morgan fingerprint density at radius 3 is 1.69 bits per heavy atom. The number of benzene rings is 2. The normalized spacial score (nSPS) is 9.81. The fraction of sp³-hybridized carbons (Fsp3) is 0.536. The van der Waals surface area contributed by atoms with Gasteiger partial charge in [-0.15, -0.1) is 0 Å². The van der Waals surface area contributed by atoms with E-state index < -0.39 is 0 Å². The van der Waals surface area contributed by atoms with E-state index in [0.29, 0.717) is 24.5 Å². The Hall–Kier alpha value is -2.49. The number of phenols is 2. The lowest BCUT2D eigenvalue weighted by Gasteiger charge is -2.21. The maximum atomic E-state index is 10.2. The molecule has 0 radical (unpaired) electrons. The second-order valence-electron chi connectivity index (χ2n) is 8.04. The largest absolute Gasteiger partial charge is 0.508 e. The van der Waals surface area contributed by atoms with Crippen LogP contribution in [0.4, 0.5) is 0 Å². The van der Waals surface area contributed by atoms with Gasteiger partial charge in [0.2, 0.25) is 0 Å². The van der Waals surface area contributed by atoms with E-state index in [1.54, 1.807) is 26.0 Å². The number of ether oxygens (including phenoxy) is 1. The number of phenolic OH excluding ortho intramolecular Hbond substituents is 2. The van der Waals surface area contributed by atoms with Gasteiger partial charge in [-0.05, 0) is 65.3 Å². The Balaban J connectivity index is 0. The highest BCUT2D eigenvalue weighted by Crippen LogP contribution is 2.35. The van der Waals surface area contributed by atoms with E-state index in [9.17, 15) is 15.0 Å². The Bertz CT molecular complexity index is 773. The predicted molar refractivity (Wildman–Crippen MR) is 138 cm³/mol. The molecule has 0 aliphatic rings. The second-order valence-corrected chi connectivity index (χ2v) is 8.04. The van der Waals surface area contributed by atoms with Crippen LogP contribution in [0.2, 0.25) is 0 Å². The van der Waals surface area contributed by atoms with Crippen molar-refractivity contribution in [2.45, 2.75) is 93.9 Å². The van der Waals surface area contributed by atoms with Gasteiger partial charge in [0.25, 0.3) is 0 Å². The molecule has 0 saturated heterocycles. The third-order valence-electron chi connectivity index (χ3n) is 4.19. The number of esters is 1. The van der Waals surface area contributed by atoms with Gasteiger partial charge in [-0.2, -0.15) is 0 Å². The Morgan fingerprint density at radius 2 is 1.31 bits per heavy atom. The third kappa shape index (κ3) is 11.8. The standard InChI is InChI=1S/C18H22O2.C5H10O2.C3H8.C2H6/c1-5-12-10-13(6-8-16(12)19)14-7-9-17(20)15(11-14)18(2,3)4;1-3-5(6)7-4-2;1-3-2;1-2/h6-11,19-20H,5H2,1-4H3;3-4H2,1-2H3;3H2,1-2H3;1-2H3. The molecular weight excluding hydrogens is 400 g/mol. The molecule has 0 aromatic heterocycles. The van der Waals surface area contributed by atoms with Crippen molar-refractivity contribution in [1.82, 2.24) is 0 Å². The first-order chi connectivity index (χ1) is 15.0. The average molecular weight is 447 g/mol. The number of hydrogen-bond donors (Lipinski definition) is 2.